The maximum Gasteiger partial charge on any atom is 0.247 e. The Bertz CT molecular complexity index is 3230. The minimum absolute atomic E-state index is 0.0821. The molecule has 2 heterocycles. The molecule has 1 fully saturated rings. The van der Waals surface area contributed by atoms with Gasteiger partial charge >= 0.3 is 0 Å². The van der Waals surface area contributed by atoms with Crippen LogP contribution in [0.4, 0.5) is 28.4 Å². The molecule has 2 aliphatic heterocycles. The van der Waals surface area contributed by atoms with Crippen LogP contribution in [0.15, 0.2) is 237 Å². The molecule has 0 N–H and O–H groups in total. The zero-order valence-corrected chi connectivity index (χ0v) is 36.3. The highest BCUT2D eigenvalue weighted by Crippen LogP contribution is 2.74. The summed E-state index contributed by atoms with van der Waals surface area (Å²) in [5.74, 6) is 1.01. The quantitative estimate of drug-likeness (QED) is 0.154. The normalized spacial score (nSPS) is 17.1. The average molecular weight is 825 g/mol. The molecular weight excluding hydrogens is 780 g/mol. The number of nitrogens with zero attached hydrogens (tertiary/aromatic N) is 2. The van der Waals surface area contributed by atoms with Crippen LogP contribution in [0.1, 0.15) is 34.6 Å². The molecule has 1 saturated carbocycles. The number of anilines is 5. The van der Waals surface area contributed by atoms with Crippen LogP contribution in [0.25, 0.3) is 16.5 Å². The van der Waals surface area contributed by atoms with E-state index in [1.807, 2.05) is 0 Å². The van der Waals surface area contributed by atoms with Crippen molar-refractivity contribution in [2.75, 3.05) is 9.80 Å². The van der Waals surface area contributed by atoms with Gasteiger partial charge in [0.15, 0.2) is 0 Å². The average Bonchev–Trinajstić information content (AvgIpc) is 4.14. The van der Waals surface area contributed by atoms with Gasteiger partial charge < -0.3 is 9.80 Å². The second kappa shape index (κ2) is 14.0. The molecule has 300 valence electrons. The third kappa shape index (κ3) is 5.34. The molecule has 0 aromatic heterocycles. The lowest BCUT2D eigenvalue weighted by Gasteiger charge is -2.49. The first-order chi connectivity index (χ1) is 31.1. The summed E-state index contributed by atoms with van der Waals surface area (Å²) in [7, 11) is -2.08. The van der Waals surface area contributed by atoms with Gasteiger partial charge in [-0.2, -0.15) is 0 Å². The molecule has 2 atom stereocenters. The summed E-state index contributed by atoms with van der Waals surface area (Å²) in [6, 6.07) is 80.9. The first-order valence-electron chi connectivity index (χ1n) is 22.3. The Kier molecular flexibility index (Phi) is 8.14. The summed E-state index contributed by atoms with van der Waals surface area (Å²) in [6.07, 6.45) is 1.19. The SMILES string of the molecule is Cc1cccc(N2C3=C(B4c5ccc6ccccc6c5N(c5cccc(C)c5)c5cc(S(c6ccccc6)(c6ccccc6)c6ccccc6)cc2c54)C2CC2c2ccccc23)c1. The second-order valence-corrected chi connectivity index (χ2v) is 20.9. The molecule has 9 aromatic carbocycles. The van der Waals surface area contributed by atoms with Crippen molar-refractivity contribution in [3.63, 3.8) is 0 Å². The summed E-state index contributed by atoms with van der Waals surface area (Å²) in [5, 5.41) is 2.55. The fourth-order valence-electron chi connectivity index (χ4n) is 11.5. The molecule has 13 rings (SSSR count). The van der Waals surface area contributed by atoms with Crippen molar-refractivity contribution >= 4 is 72.6 Å². The number of allylic oxidation sites excluding steroid dienone is 1. The van der Waals surface area contributed by atoms with Crippen molar-refractivity contribution < 1.29 is 0 Å². The van der Waals surface area contributed by atoms with E-state index in [4.69, 9.17) is 0 Å². The Morgan fingerprint density at radius 3 is 1.67 bits per heavy atom. The van der Waals surface area contributed by atoms with Gasteiger partial charge in [-0.05, 0) is 138 Å². The standard InChI is InChI=1S/C59H45BN2S/c1-39-18-16-21-42(34-39)61-54-36-47(63(44-23-6-3-7-24-44,45-25-8-4-9-26-45)46-27-10-5-11-28-46)37-55-57(54)60(53-33-32-41-20-12-13-29-48(41)58(53)61)56-52-38-51(52)49-30-14-15-31-50(49)59(56)62(55)43-22-17-19-40(2)35-43/h3-37,51-52H,38H2,1-2H3. The first-order valence-corrected chi connectivity index (χ1v) is 24.0. The van der Waals surface area contributed by atoms with Gasteiger partial charge in [0.2, 0.25) is 6.71 Å². The van der Waals surface area contributed by atoms with E-state index in [2.05, 4.69) is 236 Å². The molecule has 2 unspecified atom stereocenters. The molecule has 0 amide bonds. The van der Waals surface area contributed by atoms with Gasteiger partial charge in [-0.25, -0.2) is 0 Å². The molecule has 4 heteroatoms. The van der Waals surface area contributed by atoms with E-state index in [0.29, 0.717) is 11.8 Å². The number of benzene rings is 9. The second-order valence-electron chi connectivity index (χ2n) is 17.8. The minimum atomic E-state index is -2.08. The van der Waals surface area contributed by atoms with Gasteiger partial charge in [0.05, 0.1) is 0 Å². The molecule has 0 saturated heterocycles. The molecule has 4 aliphatic rings. The summed E-state index contributed by atoms with van der Waals surface area (Å²) >= 11 is 0. The summed E-state index contributed by atoms with van der Waals surface area (Å²) in [5.41, 5.74) is 17.3. The van der Waals surface area contributed by atoms with Crippen molar-refractivity contribution in [2.45, 2.75) is 45.8 Å². The highest BCUT2D eigenvalue weighted by atomic mass is 32.3. The van der Waals surface area contributed by atoms with Crippen LogP contribution in [-0.4, -0.2) is 6.71 Å². The third-order valence-electron chi connectivity index (χ3n) is 14.1. The Morgan fingerprint density at radius 1 is 0.476 bits per heavy atom. The minimum Gasteiger partial charge on any atom is -0.311 e. The lowest BCUT2D eigenvalue weighted by Crippen LogP contribution is -2.56. The van der Waals surface area contributed by atoms with Crippen LogP contribution in [0.2, 0.25) is 0 Å². The first kappa shape index (κ1) is 36.6. The lowest BCUT2D eigenvalue weighted by atomic mass is 9.31. The highest BCUT2D eigenvalue weighted by molar-refractivity contribution is 8.34. The van der Waals surface area contributed by atoms with E-state index >= 15 is 0 Å². The smallest absolute Gasteiger partial charge is 0.247 e. The largest absolute Gasteiger partial charge is 0.311 e. The summed E-state index contributed by atoms with van der Waals surface area (Å²) < 4.78 is 0. The van der Waals surface area contributed by atoms with E-state index in [0.717, 1.165) is 0 Å². The Labute approximate surface area is 372 Å². The van der Waals surface area contributed by atoms with E-state index < -0.39 is 10.0 Å². The molecule has 9 aromatic rings. The molecule has 63 heavy (non-hydrogen) atoms. The monoisotopic (exact) mass is 824 g/mol. The van der Waals surface area contributed by atoms with Gasteiger partial charge in [0.25, 0.3) is 0 Å². The van der Waals surface area contributed by atoms with Crippen LogP contribution in [0.3, 0.4) is 0 Å². The van der Waals surface area contributed by atoms with Crippen LogP contribution >= 0.6 is 10.0 Å². The van der Waals surface area contributed by atoms with Crippen molar-refractivity contribution in [1.82, 2.24) is 0 Å². The van der Waals surface area contributed by atoms with Crippen molar-refractivity contribution in [3.05, 3.63) is 240 Å². The van der Waals surface area contributed by atoms with Gasteiger partial charge in [0, 0.05) is 64.7 Å². The Balaban J connectivity index is 1.25. The maximum atomic E-state index is 2.69. The van der Waals surface area contributed by atoms with E-state index in [1.54, 1.807) is 5.47 Å². The van der Waals surface area contributed by atoms with E-state index in [9.17, 15) is 0 Å². The van der Waals surface area contributed by atoms with Crippen molar-refractivity contribution in [3.8, 4) is 0 Å². The molecule has 2 nitrogen and oxygen atoms in total. The molecule has 0 bridgehead atoms. The molecule has 0 radical (unpaired) electrons. The van der Waals surface area contributed by atoms with Gasteiger partial charge in [-0.3, -0.25) is 0 Å². The van der Waals surface area contributed by atoms with Gasteiger partial charge in [-0.1, -0.05) is 145 Å². The maximum absolute atomic E-state index is 2.69. The van der Waals surface area contributed by atoms with E-state index in [-0.39, 0.29) is 6.71 Å². The molecule has 0 spiro atoms. The number of aryl methyl sites for hydroxylation is 2. The number of hydrogen-bond acceptors (Lipinski definition) is 2. The van der Waals surface area contributed by atoms with Crippen LogP contribution in [0, 0.1) is 19.8 Å². The topological polar surface area (TPSA) is 6.48 Å². The third-order valence-corrected chi connectivity index (χ3v) is 18.0. The van der Waals surface area contributed by atoms with Crippen molar-refractivity contribution in [2.24, 2.45) is 5.92 Å². The molecular formula is C59H45BN2S. The van der Waals surface area contributed by atoms with Crippen LogP contribution in [-0.2, 0) is 0 Å². The van der Waals surface area contributed by atoms with E-state index in [1.165, 1.54) is 104 Å². The summed E-state index contributed by atoms with van der Waals surface area (Å²) in [4.78, 5) is 10.6. The zero-order valence-electron chi connectivity index (χ0n) is 35.4. The van der Waals surface area contributed by atoms with Gasteiger partial charge in [-0.15, -0.1) is 10.0 Å². The predicted octanol–water partition coefficient (Wildman–Crippen LogP) is 14.4. The fraction of sp³-hybridized carbons (Fsp3) is 0.0847. The van der Waals surface area contributed by atoms with Crippen LogP contribution < -0.4 is 20.7 Å². The lowest BCUT2D eigenvalue weighted by molar-refractivity contribution is 0.950. The highest BCUT2D eigenvalue weighted by Gasteiger charge is 2.56. The van der Waals surface area contributed by atoms with Crippen LogP contribution in [0.5, 0.6) is 0 Å². The zero-order chi connectivity index (χ0) is 41.8. The Morgan fingerprint density at radius 2 is 1.03 bits per heavy atom. The number of rotatable bonds is 6. The predicted molar refractivity (Wildman–Crippen MR) is 266 cm³/mol. The number of fused-ring (bicyclic) bond motifs is 10. The number of hydrogen-bond donors (Lipinski definition) is 0. The Hall–Kier alpha value is -7.01. The van der Waals surface area contributed by atoms with Crippen molar-refractivity contribution in [1.29, 1.82) is 0 Å². The molecule has 2 aliphatic carbocycles. The van der Waals surface area contributed by atoms with Gasteiger partial charge in [0.1, 0.15) is 0 Å². The fourth-order valence-corrected chi connectivity index (χ4v) is 15.4. The summed E-state index contributed by atoms with van der Waals surface area (Å²) in [6.45, 7) is 4.54.